The van der Waals surface area contributed by atoms with Gasteiger partial charge in [-0.25, -0.2) is 9.79 Å². The lowest BCUT2D eigenvalue weighted by molar-refractivity contribution is 1.03. The molecule has 82 valence electrons. The van der Waals surface area contributed by atoms with Crippen LogP contribution in [-0.2, 0) is 0 Å². The predicted molar refractivity (Wildman–Crippen MR) is 67.0 cm³/mol. The third-order valence-corrected chi connectivity index (χ3v) is 3.28. The summed E-state index contributed by atoms with van der Waals surface area (Å²) in [6, 6.07) is 3.77. The van der Waals surface area contributed by atoms with Crippen LogP contribution in [0, 0.1) is 0 Å². The summed E-state index contributed by atoms with van der Waals surface area (Å²) in [4.78, 5) is 31.4. The summed E-state index contributed by atoms with van der Waals surface area (Å²) in [6.45, 7) is 0. The highest BCUT2D eigenvalue weighted by atomic mass is 79.9. The molecular formula is C9H6BrN3O2S. The van der Waals surface area contributed by atoms with Gasteiger partial charge in [0, 0.05) is 17.3 Å². The van der Waals surface area contributed by atoms with Gasteiger partial charge in [0.05, 0.1) is 3.79 Å². The topological polar surface area (TPSA) is 78.1 Å². The number of thiophene rings is 1. The van der Waals surface area contributed by atoms with E-state index >= 15 is 0 Å². The molecule has 2 rings (SSSR count). The van der Waals surface area contributed by atoms with Gasteiger partial charge in [-0.2, -0.15) is 0 Å². The molecule has 0 aliphatic heterocycles. The fourth-order valence-electron chi connectivity index (χ4n) is 1.03. The molecule has 2 aromatic rings. The molecule has 0 fully saturated rings. The van der Waals surface area contributed by atoms with Crippen LogP contribution >= 0.6 is 27.3 Å². The fraction of sp³-hybridized carbons (Fsp3) is 0. The molecule has 2 aromatic heterocycles. The maximum absolute atomic E-state index is 11.3. The van der Waals surface area contributed by atoms with Crippen molar-refractivity contribution in [2.75, 3.05) is 0 Å². The van der Waals surface area contributed by atoms with Gasteiger partial charge in [-0.3, -0.25) is 9.78 Å². The molecule has 0 saturated heterocycles. The van der Waals surface area contributed by atoms with E-state index in [0.717, 1.165) is 8.66 Å². The number of nitrogens with zero attached hydrogens (tertiary/aromatic N) is 1. The van der Waals surface area contributed by atoms with Crippen molar-refractivity contribution in [3.8, 4) is 0 Å². The molecule has 0 amide bonds. The monoisotopic (exact) mass is 299 g/mol. The Balaban J connectivity index is 2.30. The lowest BCUT2D eigenvalue weighted by atomic mass is 10.5. The van der Waals surface area contributed by atoms with Crippen LogP contribution in [0.25, 0.3) is 0 Å². The number of H-pyrrole nitrogens is 2. The maximum atomic E-state index is 11.3. The van der Waals surface area contributed by atoms with Crippen LogP contribution in [0.1, 0.15) is 4.88 Å². The van der Waals surface area contributed by atoms with Crippen molar-refractivity contribution in [2.45, 2.75) is 0 Å². The largest absolute Gasteiger partial charge is 0.325 e. The third-order valence-electron chi connectivity index (χ3n) is 1.72. The Labute approximate surface area is 102 Å². The van der Waals surface area contributed by atoms with Gasteiger partial charge in [0.15, 0.2) is 0 Å². The Morgan fingerprint density at radius 2 is 2.19 bits per heavy atom. The van der Waals surface area contributed by atoms with Crippen molar-refractivity contribution >= 4 is 39.2 Å². The Morgan fingerprint density at radius 3 is 2.81 bits per heavy atom. The molecule has 0 bridgehead atoms. The summed E-state index contributed by atoms with van der Waals surface area (Å²) in [5, 5.41) is 0. The van der Waals surface area contributed by atoms with E-state index in [9.17, 15) is 9.59 Å². The van der Waals surface area contributed by atoms with Crippen LogP contribution in [0.3, 0.4) is 0 Å². The predicted octanol–water partition coefficient (Wildman–Crippen LogP) is 1.64. The number of rotatable bonds is 2. The van der Waals surface area contributed by atoms with Crippen molar-refractivity contribution in [1.82, 2.24) is 9.97 Å². The lowest BCUT2D eigenvalue weighted by Gasteiger charge is -1.89. The van der Waals surface area contributed by atoms with Crippen molar-refractivity contribution < 1.29 is 0 Å². The second-order valence-electron chi connectivity index (χ2n) is 2.86. The molecule has 0 spiro atoms. The van der Waals surface area contributed by atoms with Crippen molar-refractivity contribution in [2.24, 2.45) is 4.99 Å². The zero-order valence-corrected chi connectivity index (χ0v) is 10.3. The Hall–Kier alpha value is -1.47. The van der Waals surface area contributed by atoms with E-state index < -0.39 is 11.2 Å². The second-order valence-corrected chi connectivity index (χ2v) is 5.35. The number of nitrogens with one attached hydrogen (secondary N) is 2. The normalized spacial score (nSPS) is 11.1. The van der Waals surface area contributed by atoms with Crippen LogP contribution in [0.15, 0.2) is 36.7 Å². The highest BCUT2D eigenvalue weighted by Crippen LogP contribution is 2.20. The summed E-state index contributed by atoms with van der Waals surface area (Å²) in [7, 11) is 0. The number of halogens is 1. The van der Waals surface area contributed by atoms with Crippen LogP contribution in [0.2, 0.25) is 0 Å². The van der Waals surface area contributed by atoms with Crippen molar-refractivity contribution in [3.05, 3.63) is 47.8 Å². The van der Waals surface area contributed by atoms with E-state index in [2.05, 4.69) is 30.9 Å². The first-order chi connectivity index (χ1) is 7.65. The van der Waals surface area contributed by atoms with Crippen molar-refractivity contribution in [3.63, 3.8) is 0 Å². The Bertz CT molecular complexity index is 640. The molecule has 0 radical (unpaired) electrons. The summed E-state index contributed by atoms with van der Waals surface area (Å²) in [5.74, 6) is 0. The van der Waals surface area contributed by atoms with Gasteiger partial charge in [-0.05, 0) is 28.1 Å². The van der Waals surface area contributed by atoms with E-state index in [1.165, 1.54) is 17.5 Å². The summed E-state index contributed by atoms with van der Waals surface area (Å²) in [5.41, 5.74) is -0.873. The number of aromatic amines is 2. The zero-order valence-electron chi connectivity index (χ0n) is 7.86. The minimum Gasteiger partial charge on any atom is -0.312 e. The smallest absolute Gasteiger partial charge is 0.312 e. The average molecular weight is 300 g/mol. The molecule has 0 unspecified atom stereocenters. The van der Waals surface area contributed by atoms with Crippen LogP contribution in [-0.4, -0.2) is 16.2 Å². The first-order valence-electron chi connectivity index (χ1n) is 4.26. The summed E-state index contributed by atoms with van der Waals surface area (Å²) >= 11 is 4.82. The SMILES string of the molecule is O=c1[nH]cc(N=Cc2ccc(Br)s2)c(=O)[nH]1. The average Bonchev–Trinajstić information content (AvgIpc) is 2.63. The molecule has 2 heterocycles. The maximum Gasteiger partial charge on any atom is 0.325 e. The van der Waals surface area contributed by atoms with E-state index in [4.69, 9.17) is 0 Å². The van der Waals surface area contributed by atoms with Gasteiger partial charge >= 0.3 is 5.69 Å². The lowest BCUT2D eigenvalue weighted by Crippen LogP contribution is -2.20. The molecule has 0 saturated carbocycles. The molecule has 5 nitrogen and oxygen atoms in total. The summed E-state index contributed by atoms with van der Waals surface area (Å²) in [6.07, 6.45) is 2.85. The number of aliphatic imine (C=N–C) groups is 1. The zero-order chi connectivity index (χ0) is 11.5. The molecule has 2 N–H and O–H groups in total. The van der Waals surface area contributed by atoms with Crippen LogP contribution < -0.4 is 11.2 Å². The highest BCUT2D eigenvalue weighted by molar-refractivity contribution is 9.11. The van der Waals surface area contributed by atoms with Gasteiger partial charge in [0.1, 0.15) is 5.69 Å². The quantitative estimate of drug-likeness (QED) is 0.827. The second kappa shape index (κ2) is 4.58. The number of hydrogen-bond acceptors (Lipinski definition) is 4. The van der Waals surface area contributed by atoms with E-state index in [0.29, 0.717) is 0 Å². The Morgan fingerprint density at radius 1 is 1.38 bits per heavy atom. The van der Waals surface area contributed by atoms with E-state index in [-0.39, 0.29) is 5.69 Å². The molecule has 7 heteroatoms. The number of hydrogen-bond donors (Lipinski definition) is 2. The van der Waals surface area contributed by atoms with Gasteiger partial charge in [0.2, 0.25) is 0 Å². The molecule has 0 atom stereocenters. The van der Waals surface area contributed by atoms with Gasteiger partial charge < -0.3 is 4.98 Å². The molecular weight excluding hydrogens is 294 g/mol. The van der Waals surface area contributed by atoms with Crippen LogP contribution in [0.5, 0.6) is 0 Å². The first kappa shape index (κ1) is 11.0. The van der Waals surface area contributed by atoms with Crippen LogP contribution in [0.4, 0.5) is 5.69 Å². The molecule has 16 heavy (non-hydrogen) atoms. The standard InChI is InChI=1S/C9H6BrN3O2S/c10-7-2-1-5(16-7)3-11-6-4-12-9(15)13-8(6)14/h1-4H,(H2,12,13,14,15). The summed E-state index contributed by atoms with van der Waals surface area (Å²) < 4.78 is 0.990. The highest BCUT2D eigenvalue weighted by Gasteiger charge is 1.97. The molecule has 0 aliphatic rings. The Kier molecular flexibility index (Phi) is 3.16. The molecule has 0 aliphatic carbocycles. The van der Waals surface area contributed by atoms with Gasteiger partial charge in [0.25, 0.3) is 5.56 Å². The fourth-order valence-corrected chi connectivity index (χ4v) is 2.33. The first-order valence-corrected chi connectivity index (χ1v) is 5.87. The minimum atomic E-state index is -0.539. The number of aromatic nitrogens is 2. The molecule has 0 aromatic carbocycles. The van der Waals surface area contributed by atoms with Gasteiger partial charge in [-0.1, -0.05) is 0 Å². The third kappa shape index (κ3) is 2.56. The van der Waals surface area contributed by atoms with E-state index in [1.807, 2.05) is 12.1 Å². The minimum absolute atomic E-state index is 0.170. The van der Waals surface area contributed by atoms with Crippen molar-refractivity contribution in [1.29, 1.82) is 0 Å². The van der Waals surface area contributed by atoms with Gasteiger partial charge in [-0.15, -0.1) is 11.3 Å². The van der Waals surface area contributed by atoms with E-state index in [1.54, 1.807) is 6.21 Å².